The number of phenolic OH excluding ortho intramolecular Hbond substituents is 2. The van der Waals surface area contributed by atoms with E-state index in [1.54, 1.807) is 6.07 Å². The third-order valence-corrected chi connectivity index (χ3v) is 2.53. The van der Waals surface area contributed by atoms with Crippen LogP contribution < -0.4 is 0 Å². The van der Waals surface area contributed by atoms with E-state index in [1.165, 1.54) is 19.1 Å². The molecule has 0 heterocycles. The zero-order valence-corrected chi connectivity index (χ0v) is 10.3. The first-order valence-electron chi connectivity index (χ1n) is 3.89. The Morgan fingerprint density at radius 1 is 1.27 bits per heavy atom. The molecule has 0 bridgehead atoms. The van der Waals surface area contributed by atoms with Gasteiger partial charge in [0.05, 0.1) is 5.75 Å². The summed E-state index contributed by atoms with van der Waals surface area (Å²) in [7, 11) is -3.66. The Hall–Kier alpha value is -0.790. The molecule has 15 heavy (non-hydrogen) atoms. The van der Waals surface area contributed by atoms with Gasteiger partial charge in [0, 0.05) is 4.47 Å². The highest BCUT2D eigenvalue weighted by atomic mass is 79.9. The standard InChI is InChI=1S/C6H5BrO2.C2H6O3S/c7-4-1-2-5(8)6(9)3-4;1-2-6(3,4)5/h1-3,8-9H;2H2,1H3,(H,3,4,5). The van der Waals surface area contributed by atoms with Crippen LogP contribution in [0.1, 0.15) is 6.92 Å². The van der Waals surface area contributed by atoms with Gasteiger partial charge in [-0.05, 0) is 25.1 Å². The van der Waals surface area contributed by atoms with Gasteiger partial charge in [-0.25, -0.2) is 0 Å². The molecule has 0 aliphatic rings. The molecule has 0 atom stereocenters. The lowest BCUT2D eigenvalue weighted by atomic mass is 10.3. The summed E-state index contributed by atoms with van der Waals surface area (Å²) in [5, 5.41) is 17.6. The molecule has 0 radical (unpaired) electrons. The van der Waals surface area contributed by atoms with Gasteiger partial charge in [0.15, 0.2) is 11.5 Å². The Bertz CT molecular complexity index is 415. The van der Waals surface area contributed by atoms with Crippen LogP contribution in [-0.4, -0.2) is 28.9 Å². The van der Waals surface area contributed by atoms with Crippen LogP contribution >= 0.6 is 15.9 Å². The van der Waals surface area contributed by atoms with Crippen LogP contribution in [0.4, 0.5) is 0 Å². The Morgan fingerprint density at radius 3 is 2.00 bits per heavy atom. The average molecular weight is 299 g/mol. The van der Waals surface area contributed by atoms with E-state index in [1.807, 2.05) is 0 Å². The third-order valence-electron chi connectivity index (χ3n) is 1.30. The van der Waals surface area contributed by atoms with Gasteiger partial charge in [-0.3, -0.25) is 4.55 Å². The largest absolute Gasteiger partial charge is 0.504 e. The normalized spacial score (nSPS) is 10.3. The fraction of sp³-hybridized carbons (Fsp3) is 0.250. The second kappa shape index (κ2) is 5.94. The van der Waals surface area contributed by atoms with Gasteiger partial charge in [0.1, 0.15) is 0 Å². The van der Waals surface area contributed by atoms with E-state index in [0.717, 1.165) is 4.47 Å². The molecule has 0 saturated heterocycles. The van der Waals surface area contributed by atoms with Crippen molar-refractivity contribution in [1.82, 2.24) is 0 Å². The molecular weight excluding hydrogens is 288 g/mol. The van der Waals surface area contributed by atoms with E-state index in [0.29, 0.717) is 0 Å². The molecule has 0 unspecified atom stereocenters. The molecule has 0 aliphatic heterocycles. The fourth-order valence-electron chi connectivity index (χ4n) is 0.497. The van der Waals surface area contributed by atoms with Gasteiger partial charge in [0.25, 0.3) is 10.1 Å². The van der Waals surface area contributed by atoms with Gasteiger partial charge < -0.3 is 10.2 Å². The minimum atomic E-state index is -3.66. The molecule has 1 rings (SSSR count). The number of rotatable bonds is 1. The van der Waals surface area contributed by atoms with E-state index < -0.39 is 10.1 Å². The zero-order valence-electron chi connectivity index (χ0n) is 7.88. The van der Waals surface area contributed by atoms with Gasteiger partial charge in [0.2, 0.25) is 0 Å². The first-order valence-corrected chi connectivity index (χ1v) is 6.29. The minimum Gasteiger partial charge on any atom is -0.504 e. The smallest absolute Gasteiger partial charge is 0.264 e. The van der Waals surface area contributed by atoms with Crippen LogP contribution in [0.25, 0.3) is 0 Å². The van der Waals surface area contributed by atoms with Crippen LogP contribution in [0.3, 0.4) is 0 Å². The molecule has 0 aliphatic carbocycles. The summed E-state index contributed by atoms with van der Waals surface area (Å²) < 4.78 is 27.7. The molecule has 0 amide bonds. The number of hydrogen-bond donors (Lipinski definition) is 3. The Labute approximate surface area is 96.3 Å². The summed E-state index contributed by atoms with van der Waals surface area (Å²) in [4.78, 5) is 0. The van der Waals surface area contributed by atoms with Gasteiger partial charge in [-0.2, -0.15) is 8.42 Å². The summed E-state index contributed by atoms with van der Waals surface area (Å²) in [6.07, 6.45) is 0. The van der Waals surface area contributed by atoms with Crippen molar-refractivity contribution in [3.8, 4) is 11.5 Å². The average Bonchev–Trinajstić information content (AvgIpc) is 2.12. The summed E-state index contributed by atoms with van der Waals surface area (Å²) in [6.45, 7) is 1.37. The summed E-state index contributed by atoms with van der Waals surface area (Å²) >= 11 is 3.13. The van der Waals surface area contributed by atoms with Gasteiger partial charge >= 0.3 is 0 Å². The molecule has 5 nitrogen and oxygen atoms in total. The van der Waals surface area contributed by atoms with Gasteiger partial charge in [-0.1, -0.05) is 15.9 Å². The van der Waals surface area contributed by atoms with E-state index in [2.05, 4.69) is 15.9 Å². The quantitative estimate of drug-likeness (QED) is 0.542. The number of aromatic hydroxyl groups is 2. The van der Waals surface area contributed by atoms with Crippen molar-refractivity contribution in [2.75, 3.05) is 5.75 Å². The highest BCUT2D eigenvalue weighted by Gasteiger charge is 1.95. The number of phenols is 2. The SMILES string of the molecule is CCS(=O)(=O)O.Oc1ccc(Br)cc1O. The molecule has 0 aromatic heterocycles. The van der Waals surface area contributed by atoms with Crippen LogP contribution in [0.2, 0.25) is 0 Å². The van der Waals surface area contributed by atoms with Crippen molar-refractivity contribution in [3.05, 3.63) is 22.7 Å². The first-order chi connectivity index (χ1) is 6.76. The van der Waals surface area contributed by atoms with E-state index in [-0.39, 0.29) is 17.3 Å². The van der Waals surface area contributed by atoms with Crippen LogP contribution in [0.5, 0.6) is 11.5 Å². The second-order valence-electron chi connectivity index (χ2n) is 2.50. The molecule has 1 aromatic carbocycles. The topological polar surface area (TPSA) is 94.8 Å². The Morgan fingerprint density at radius 2 is 1.73 bits per heavy atom. The highest BCUT2D eigenvalue weighted by Crippen LogP contribution is 2.26. The predicted octanol–water partition coefficient (Wildman–Crippen LogP) is 1.75. The predicted molar refractivity (Wildman–Crippen MR) is 59.6 cm³/mol. The maximum atomic E-state index is 9.56. The maximum Gasteiger partial charge on any atom is 0.264 e. The van der Waals surface area contributed by atoms with E-state index >= 15 is 0 Å². The minimum absolute atomic E-state index is 0.0989. The molecule has 0 fully saturated rings. The van der Waals surface area contributed by atoms with Crippen LogP contribution in [0.15, 0.2) is 22.7 Å². The lowest BCUT2D eigenvalue weighted by Crippen LogP contribution is -1.97. The fourth-order valence-corrected chi connectivity index (χ4v) is 0.846. The highest BCUT2D eigenvalue weighted by molar-refractivity contribution is 9.10. The number of halogens is 1. The van der Waals surface area contributed by atoms with Crippen molar-refractivity contribution >= 4 is 26.0 Å². The second-order valence-corrected chi connectivity index (χ2v) is 5.16. The van der Waals surface area contributed by atoms with Crippen LogP contribution in [-0.2, 0) is 10.1 Å². The van der Waals surface area contributed by atoms with Crippen molar-refractivity contribution < 1.29 is 23.2 Å². The lowest BCUT2D eigenvalue weighted by molar-refractivity contribution is 0.403. The molecule has 3 N–H and O–H groups in total. The molecule has 1 aromatic rings. The Kier molecular flexibility index (Phi) is 5.63. The summed E-state index contributed by atoms with van der Waals surface area (Å²) in [5.74, 6) is -0.407. The zero-order chi connectivity index (χ0) is 12.1. The summed E-state index contributed by atoms with van der Waals surface area (Å²) in [6, 6.07) is 4.49. The molecule has 7 heteroatoms. The molecule has 86 valence electrons. The summed E-state index contributed by atoms with van der Waals surface area (Å²) in [5.41, 5.74) is 0. The van der Waals surface area contributed by atoms with Crippen molar-refractivity contribution in [3.63, 3.8) is 0 Å². The maximum absolute atomic E-state index is 9.56. The monoisotopic (exact) mass is 298 g/mol. The van der Waals surface area contributed by atoms with Gasteiger partial charge in [-0.15, -0.1) is 0 Å². The third kappa shape index (κ3) is 7.18. The number of hydrogen-bond acceptors (Lipinski definition) is 4. The first kappa shape index (κ1) is 14.2. The number of benzene rings is 1. The Balaban J connectivity index is 0.000000288. The van der Waals surface area contributed by atoms with Crippen molar-refractivity contribution in [2.24, 2.45) is 0 Å². The molecule has 0 saturated carbocycles. The van der Waals surface area contributed by atoms with Crippen molar-refractivity contribution in [2.45, 2.75) is 6.92 Å². The van der Waals surface area contributed by atoms with E-state index in [4.69, 9.17) is 14.8 Å². The van der Waals surface area contributed by atoms with Crippen LogP contribution in [0, 0.1) is 0 Å². The molecule has 0 spiro atoms. The lowest BCUT2D eigenvalue weighted by Gasteiger charge is -1.94. The van der Waals surface area contributed by atoms with Crippen molar-refractivity contribution in [1.29, 1.82) is 0 Å². The van der Waals surface area contributed by atoms with E-state index in [9.17, 15) is 8.42 Å². The molecular formula is C8H11BrO5S.